The van der Waals surface area contributed by atoms with Gasteiger partial charge in [-0.2, -0.15) is 0 Å². The maximum absolute atomic E-state index is 13.2. The van der Waals surface area contributed by atoms with E-state index in [-0.39, 0.29) is 10.7 Å². The zero-order valence-electron chi connectivity index (χ0n) is 13.1. The van der Waals surface area contributed by atoms with Crippen LogP contribution in [0.5, 0.6) is 0 Å². The summed E-state index contributed by atoms with van der Waals surface area (Å²) in [5.41, 5.74) is 0.805. The summed E-state index contributed by atoms with van der Waals surface area (Å²) < 4.78 is 53.1. The molecule has 0 fully saturated rings. The monoisotopic (exact) mass is 395 g/mol. The van der Waals surface area contributed by atoms with Crippen LogP contribution in [0.1, 0.15) is 0 Å². The van der Waals surface area contributed by atoms with E-state index in [1.165, 1.54) is 36.5 Å². The van der Waals surface area contributed by atoms with Crippen molar-refractivity contribution in [2.45, 2.75) is 4.90 Å². The first-order valence-electron chi connectivity index (χ1n) is 7.30. The number of benzene rings is 2. The van der Waals surface area contributed by atoms with Gasteiger partial charge in [-0.25, -0.2) is 22.2 Å². The van der Waals surface area contributed by atoms with Crippen LogP contribution in [0.4, 0.5) is 26.0 Å². The van der Waals surface area contributed by atoms with E-state index in [4.69, 9.17) is 11.6 Å². The molecule has 0 aliphatic heterocycles. The van der Waals surface area contributed by atoms with Crippen molar-refractivity contribution in [2.75, 3.05) is 10.0 Å². The number of nitrogens with zero attached hydrogens (tertiary/aromatic N) is 1. The summed E-state index contributed by atoms with van der Waals surface area (Å²) in [6, 6.07) is 12.2. The molecule has 134 valence electrons. The first kappa shape index (κ1) is 18.1. The van der Waals surface area contributed by atoms with Gasteiger partial charge in [0.05, 0.1) is 16.8 Å². The van der Waals surface area contributed by atoms with Crippen molar-refractivity contribution in [3.63, 3.8) is 0 Å². The standard InChI is InChI=1S/C17H12ClF2N3O2S/c18-11-2-1-3-14(8-11)26(24,25)23-17-7-5-13(10-21-17)22-12-4-6-15(19)16(20)9-12/h1-10,22H,(H,21,23). The van der Waals surface area contributed by atoms with Gasteiger partial charge in [0.15, 0.2) is 11.6 Å². The van der Waals surface area contributed by atoms with Crippen LogP contribution >= 0.6 is 11.6 Å². The van der Waals surface area contributed by atoms with E-state index < -0.39 is 21.7 Å². The second kappa shape index (κ2) is 7.27. The molecule has 0 saturated heterocycles. The summed E-state index contributed by atoms with van der Waals surface area (Å²) in [6.07, 6.45) is 1.36. The average molecular weight is 396 g/mol. The molecule has 0 amide bonds. The Morgan fingerprint density at radius 3 is 2.35 bits per heavy atom. The molecule has 0 unspecified atom stereocenters. The molecule has 1 heterocycles. The van der Waals surface area contributed by atoms with Gasteiger partial charge in [-0.05, 0) is 42.5 Å². The Bertz CT molecular complexity index is 1040. The Morgan fingerprint density at radius 1 is 0.923 bits per heavy atom. The highest BCUT2D eigenvalue weighted by molar-refractivity contribution is 7.92. The first-order chi connectivity index (χ1) is 12.3. The fourth-order valence-corrected chi connectivity index (χ4v) is 3.41. The molecule has 3 aromatic rings. The average Bonchev–Trinajstić information content (AvgIpc) is 2.60. The maximum Gasteiger partial charge on any atom is 0.263 e. The van der Waals surface area contributed by atoms with E-state index in [0.717, 1.165) is 12.1 Å². The lowest BCUT2D eigenvalue weighted by atomic mass is 10.3. The highest BCUT2D eigenvalue weighted by Crippen LogP contribution is 2.21. The van der Waals surface area contributed by atoms with Gasteiger partial charge in [-0.15, -0.1) is 0 Å². The number of halogens is 3. The molecule has 0 radical (unpaired) electrons. The molecule has 0 atom stereocenters. The number of sulfonamides is 1. The number of nitrogens with one attached hydrogen (secondary N) is 2. The number of anilines is 3. The van der Waals surface area contributed by atoms with Crippen molar-refractivity contribution < 1.29 is 17.2 Å². The van der Waals surface area contributed by atoms with Gasteiger partial charge in [0.1, 0.15) is 5.82 Å². The lowest BCUT2D eigenvalue weighted by Crippen LogP contribution is -2.13. The Balaban J connectivity index is 1.74. The van der Waals surface area contributed by atoms with Crippen LogP contribution in [0.3, 0.4) is 0 Å². The van der Waals surface area contributed by atoms with Crippen LogP contribution in [0.15, 0.2) is 65.7 Å². The molecule has 26 heavy (non-hydrogen) atoms. The quantitative estimate of drug-likeness (QED) is 0.664. The normalized spacial score (nSPS) is 11.2. The maximum atomic E-state index is 13.2. The Labute approximate surface area is 153 Å². The largest absolute Gasteiger partial charge is 0.354 e. The van der Waals surface area contributed by atoms with E-state index >= 15 is 0 Å². The van der Waals surface area contributed by atoms with Gasteiger partial charge in [0.2, 0.25) is 0 Å². The van der Waals surface area contributed by atoms with E-state index in [0.29, 0.717) is 16.4 Å². The predicted octanol–water partition coefficient (Wildman–Crippen LogP) is 4.56. The second-order valence-corrected chi connectivity index (χ2v) is 7.37. The SMILES string of the molecule is O=S(=O)(Nc1ccc(Nc2ccc(F)c(F)c2)cn1)c1cccc(Cl)c1. The lowest BCUT2D eigenvalue weighted by Gasteiger charge is -2.10. The van der Waals surface area contributed by atoms with Crippen LogP contribution in [0.2, 0.25) is 5.02 Å². The minimum Gasteiger partial charge on any atom is -0.354 e. The van der Waals surface area contributed by atoms with Crippen molar-refractivity contribution in [1.82, 2.24) is 4.98 Å². The highest BCUT2D eigenvalue weighted by atomic mass is 35.5. The fourth-order valence-electron chi connectivity index (χ4n) is 2.10. The van der Waals surface area contributed by atoms with Gasteiger partial charge in [0.25, 0.3) is 10.0 Å². The third-order valence-corrected chi connectivity index (χ3v) is 4.90. The minimum atomic E-state index is -3.83. The van der Waals surface area contributed by atoms with E-state index in [2.05, 4.69) is 15.0 Å². The Kier molecular flexibility index (Phi) is 5.06. The molecule has 0 spiro atoms. The molecule has 0 saturated carbocycles. The van der Waals surface area contributed by atoms with Crippen LogP contribution in [-0.4, -0.2) is 13.4 Å². The molecular weight excluding hydrogens is 384 g/mol. The van der Waals surface area contributed by atoms with Gasteiger partial charge in [0, 0.05) is 16.8 Å². The smallest absolute Gasteiger partial charge is 0.263 e. The second-order valence-electron chi connectivity index (χ2n) is 5.25. The predicted molar refractivity (Wildman–Crippen MR) is 96.1 cm³/mol. The third-order valence-electron chi connectivity index (χ3n) is 3.32. The summed E-state index contributed by atoms with van der Waals surface area (Å²) in [7, 11) is -3.83. The lowest BCUT2D eigenvalue weighted by molar-refractivity contribution is 0.509. The molecule has 0 bridgehead atoms. The third kappa shape index (κ3) is 4.27. The highest BCUT2D eigenvalue weighted by Gasteiger charge is 2.15. The first-order valence-corrected chi connectivity index (χ1v) is 9.16. The Morgan fingerprint density at radius 2 is 1.69 bits per heavy atom. The molecule has 2 N–H and O–H groups in total. The summed E-state index contributed by atoms with van der Waals surface area (Å²) in [5.74, 6) is -1.82. The zero-order valence-corrected chi connectivity index (χ0v) is 14.7. The number of hydrogen-bond donors (Lipinski definition) is 2. The topological polar surface area (TPSA) is 71.1 Å². The van der Waals surface area contributed by atoms with E-state index in [9.17, 15) is 17.2 Å². The van der Waals surface area contributed by atoms with Gasteiger partial charge in [-0.3, -0.25) is 4.72 Å². The van der Waals surface area contributed by atoms with E-state index in [1.807, 2.05) is 0 Å². The summed E-state index contributed by atoms with van der Waals surface area (Å²) >= 11 is 5.81. The number of hydrogen-bond acceptors (Lipinski definition) is 4. The molecule has 9 heteroatoms. The van der Waals surface area contributed by atoms with Gasteiger partial charge in [-0.1, -0.05) is 17.7 Å². The van der Waals surface area contributed by atoms with Crippen LogP contribution in [0, 0.1) is 11.6 Å². The summed E-state index contributed by atoms with van der Waals surface area (Å²) in [5, 5.41) is 3.14. The number of aromatic nitrogens is 1. The van der Waals surface area contributed by atoms with Crippen molar-refractivity contribution in [1.29, 1.82) is 0 Å². The molecule has 3 rings (SSSR count). The Hall–Kier alpha value is -2.71. The van der Waals surface area contributed by atoms with Gasteiger partial charge >= 0.3 is 0 Å². The molecule has 0 aliphatic rings. The van der Waals surface area contributed by atoms with E-state index in [1.54, 1.807) is 12.1 Å². The molecule has 0 aliphatic carbocycles. The zero-order chi connectivity index (χ0) is 18.7. The number of rotatable bonds is 5. The van der Waals surface area contributed by atoms with Crippen molar-refractivity contribution >= 4 is 38.8 Å². The number of pyridine rings is 1. The van der Waals surface area contributed by atoms with Crippen LogP contribution < -0.4 is 10.0 Å². The van der Waals surface area contributed by atoms with Crippen molar-refractivity contribution in [3.05, 3.63) is 77.5 Å². The summed E-state index contributed by atoms with van der Waals surface area (Å²) in [4.78, 5) is 4.00. The van der Waals surface area contributed by atoms with Crippen LogP contribution in [-0.2, 0) is 10.0 Å². The molecular formula is C17H12ClF2N3O2S. The minimum absolute atomic E-state index is 0.00999. The molecule has 5 nitrogen and oxygen atoms in total. The summed E-state index contributed by atoms with van der Waals surface area (Å²) in [6.45, 7) is 0. The van der Waals surface area contributed by atoms with Crippen molar-refractivity contribution in [2.24, 2.45) is 0 Å². The molecule has 2 aromatic carbocycles. The fraction of sp³-hybridized carbons (Fsp3) is 0. The van der Waals surface area contributed by atoms with Crippen LogP contribution in [0.25, 0.3) is 0 Å². The molecule has 1 aromatic heterocycles. The van der Waals surface area contributed by atoms with Crippen molar-refractivity contribution in [3.8, 4) is 0 Å². The van der Waals surface area contributed by atoms with Gasteiger partial charge < -0.3 is 5.32 Å².